The lowest BCUT2D eigenvalue weighted by atomic mass is 9.97. The van der Waals surface area contributed by atoms with E-state index >= 15 is 0 Å². The first-order valence-electron chi connectivity index (χ1n) is 14.2. The van der Waals surface area contributed by atoms with E-state index in [0.29, 0.717) is 17.3 Å². The Bertz CT molecular complexity index is 1540. The number of carbonyl (C=O) groups is 2. The average molecular weight is 589 g/mol. The number of piperidine rings is 1. The Hall–Kier alpha value is -3.46. The van der Waals surface area contributed by atoms with Crippen LogP contribution in [0.2, 0.25) is 0 Å². The zero-order valence-corrected chi connectivity index (χ0v) is 24.7. The lowest BCUT2D eigenvalue weighted by Gasteiger charge is -2.42. The normalized spacial score (nSPS) is 21.7. The predicted molar refractivity (Wildman–Crippen MR) is 168 cm³/mol. The third kappa shape index (κ3) is 6.40. The maximum Gasteiger partial charge on any atom is 0.363 e. The molecule has 2 aliphatic rings. The van der Waals surface area contributed by atoms with Crippen LogP contribution in [0, 0.1) is 0 Å². The first-order valence-corrected chi connectivity index (χ1v) is 15.9. The monoisotopic (exact) mass is 588 g/mol. The predicted octanol–water partition coefficient (Wildman–Crippen LogP) is 7.55. The number of unbranched alkanes of at least 4 members (excludes halogenated alkanes) is 2. The maximum absolute atomic E-state index is 12.3. The van der Waals surface area contributed by atoms with Crippen molar-refractivity contribution < 1.29 is 24.4 Å². The zero-order chi connectivity index (χ0) is 28.7. The van der Waals surface area contributed by atoms with Crippen LogP contribution in [0.5, 0.6) is 0 Å². The van der Waals surface area contributed by atoms with Crippen LogP contribution < -0.4 is 9.05 Å². The van der Waals surface area contributed by atoms with E-state index in [0.717, 1.165) is 59.4 Å². The standard InChI is InChI=1S/C33H34N2O4S2/c36-32(37)22-7-4-13-23-34-25-15-8-10-18-28(25)40-30(34)20-5-2-1-3-6-21-31-35(24-14-12-17-27(35)33(38)39)26-16-9-11-19-29(26)41-31/h1-3,5-6,8-11,15-16,18-21,27H,4,7,12-14,17,22-24H2/p+2/b2-1+,6-3+,20-5+,31-21-. The van der Waals surface area contributed by atoms with Gasteiger partial charge in [0, 0.05) is 43.5 Å². The van der Waals surface area contributed by atoms with Gasteiger partial charge in [-0.3, -0.25) is 4.79 Å². The fraction of sp³-hybridized carbons (Fsp3) is 0.303. The minimum atomic E-state index is -0.733. The third-order valence-corrected chi connectivity index (χ3v) is 10.2. The molecule has 3 aromatic rings. The highest BCUT2D eigenvalue weighted by atomic mass is 32.2. The van der Waals surface area contributed by atoms with Crippen LogP contribution in [-0.4, -0.2) is 34.7 Å². The highest BCUT2D eigenvalue weighted by molar-refractivity contribution is 8.03. The summed E-state index contributed by atoms with van der Waals surface area (Å²) in [6.07, 6.45) is 19.7. The molecule has 8 heteroatoms. The van der Waals surface area contributed by atoms with Crippen molar-refractivity contribution in [3.8, 4) is 0 Å². The highest BCUT2D eigenvalue weighted by Crippen LogP contribution is 2.54. The lowest BCUT2D eigenvalue weighted by molar-refractivity contribution is -0.669. The molecule has 2 N–H and O–H groups in total. The van der Waals surface area contributed by atoms with Gasteiger partial charge in [-0.2, -0.15) is 4.57 Å². The van der Waals surface area contributed by atoms with Gasteiger partial charge in [0.1, 0.15) is 4.70 Å². The van der Waals surface area contributed by atoms with Gasteiger partial charge in [-0.1, -0.05) is 66.0 Å². The number of aryl methyl sites for hydroxylation is 1. The molecular weight excluding hydrogens is 553 g/mol. The van der Waals surface area contributed by atoms with Gasteiger partial charge in [-0.05, 0) is 49.6 Å². The smallest absolute Gasteiger partial charge is 0.363 e. The first-order chi connectivity index (χ1) is 20.0. The van der Waals surface area contributed by atoms with Crippen LogP contribution in [0.3, 0.4) is 0 Å². The maximum atomic E-state index is 12.3. The molecule has 1 spiro atoms. The van der Waals surface area contributed by atoms with E-state index in [4.69, 9.17) is 5.11 Å². The van der Waals surface area contributed by atoms with E-state index in [9.17, 15) is 14.7 Å². The second-order valence-electron chi connectivity index (χ2n) is 10.4. The van der Waals surface area contributed by atoms with E-state index < -0.39 is 18.0 Å². The minimum absolute atomic E-state index is 0.225. The Morgan fingerprint density at radius 3 is 2.56 bits per heavy atom. The number of rotatable bonds is 11. The van der Waals surface area contributed by atoms with Crippen molar-refractivity contribution in [2.24, 2.45) is 0 Å². The van der Waals surface area contributed by atoms with Crippen LogP contribution in [-0.2, 0) is 16.1 Å². The molecule has 1 saturated heterocycles. The molecule has 41 heavy (non-hydrogen) atoms. The molecular formula is C33H36N2O4S2+2. The number of thioether (sulfide) groups is 1. The number of benzene rings is 2. The first kappa shape index (κ1) is 29.0. The molecule has 2 aromatic carbocycles. The van der Waals surface area contributed by atoms with Crippen molar-refractivity contribution >= 4 is 57.0 Å². The molecule has 2 unspecified atom stereocenters. The number of fused-ring (bicyclic) bond motifs is 3. The second-order valence-corrected chi connectivity index (χ2v) is 12.5. The van der Waals surface area contributed by atoms with Gasteiger partial charge in [-0.25, -0.2) is 9.28 Å². The van der Waals surface area contributed by atoms with Gasteiger partial charge in [0.05, 0.1) is 11.4 Å². The Balaban J connectivity index is 1.28. The quantitative estimate of drug-likeness (QED) is 0.105. The fourth-order valence-electron chi connectivity index (χ4n) is 5.89. The van der Waals surface area contributed by atoms with E-state index in [1.807, 2.05) is 42.5 Å². The number of thiazole rings is 1. The Morgan fingerprint density at radius 1 is 0.927 bits per heavy atom. The number of quaternary nitrogens is 1. The van der Waals surface area contributed by atoms with E-state index in [1.54, 1.807) is 23.1 Å². The molecule has 2 atom stereocenters. The van der Waals surface area contributed by atoms with Crippen molar-refractivity contribution in [1.82, 2.24) is 4.48 Å². The molecule has 0 radical (unpaired) electrons. The zero-order valence-electron chi connectivity index (χ0n) is 23.0. The molecule has 2 aliphatic heterocycles. The van der Waals surface area contributed by atoms with E-state index in [2.05, 4.69) is 53.1 Å². The number of carboxylic acid groups (broad SMARTS) is 2. The summed E-state index contributed by atoms with van der Waals surface area (Å²) in [5, 5.41) is 21.2. The number of hydrogen-bond acceptors (Lipinski definition) is 4. The summed E-state index contributed by atoms with van der Waals surface area (Å²) in [5.41, 5.74) is 2.32. The molecule has 0 amide bonds. The highest BCUT2D eigenvalue weighted by Gasteiger charge is 2.53. The molecule has 6 nitrogen and oxygen atoms in total. The number of aliphatic carboxylic acids is 2. The summed E-state index contributed by atoms with van der Waals surface area (Å²) >= 11 is 3.45. The number of carboxylic acids is 2. The number of para-hydroxylation sites is 2. The molecule has 5 rings (SSSR count). The fourth-order valence-corrected chi connectivity index (χ4v) is 8.33. The molecule has 212 valence electrons. The van der Waals surface area contributed by atoms with Gasteiger partial charge in [0.25, 0.3) is 5.01 Å². The van der Waals surface area contributed by atoms with Crippen molar-refractivity contribution in [2.45, 2.75) is 62.4 Å². The largest absolute Gasteiger partial charge is 0.481 e. The summed E-state index contributed by atoms with van der Waals surface area (Å²) in [4.78, 5) is 24.3. The molecule has 0 bridgehead atoms. The molecule has 0 aliphatic carbocycles. The molecule has 1 aromatic heterocycles. The third-order valence-electron chi connectivity index (χ3n) is 7.79. The van der Waals surface area contributed by atoms with Crippen LogP contribution >= 0.6 is 23.1 Å². The van der Waals surface area contributed by atoms with Crippen molar-refractivity contribution in [1.29, 1.82) is 0 Å². The summed E-state index contributed by atoms with van der Waals surface area (Å²) in [6, 6.07) is 16.2. The van der Waals surface area contributed by atoms with Crippen molar-refractivity contribution in [3.63, 3.8) is 0 Å². The van der Waals surface area contributed by atoms with Gasteiger partial charge in [0.15, 0.2) is 23.3 Å². The summed E-state index contributed by atoms with van der Waals surface area (Å²) in [7, 11) is 0. The van der Waals surface area contributed by atoms with Crippen molar-refractivity contribution in [3.05, 3.63) is 95.0 Å². The molecule has 1 fully saturated rings. The Morgan fingerprint density at radius 2 is 1.71 bits per heavy atom. The minimum Gasteiger partial charge on any atom is -0.481 e. The summed E-state index contributed by atoms with van der Waals surface area (Å²) in [6.45, 7) is 1.67. The molecule has 3 heterocycles. The summed E-state index contributed by atoms with van der Waals surface area (Å²) < 4.78 is 3.98. The Kier molecular flexibility index (Phi) is 9.54. The van der Waals surface area contributed by atoms with E-state index in [-0.39, 0.29) is 6.42 Å². The van der Waals surface area contributed by atoms with Crippen LogP contribution in [0.1, 0.15) is 50.0 Å². The molecule has 0 saturated carbocycles. The second kappa shape index (κ2) is 13.5. The topological polar surface area (TPSA) is 78.5 Å². The van der Waals surface area contributed by atoms with Gasteiger partial charge in [0.2, 0.25) is 5.52 Å². The SMILES string of the molecule is O=C(O)CCCCC[n+]1c(/C=C/C=C/C=C/C=C2\Sc3ccccc3[N+]23CCCCC3C(=O)O)sc2ccccc21. The number of aromatic nitrogens is 1. The van der Waals surface area contributed by atoms with E-state index in [1.165, 1.54) is 10.2 Å². The average Bonchev–Trinajstić information content (AvgIpc) is 3.47. The van der Waals surface area contributed by atoms with Gasteiger partial charge < -0.3 is 10.2 Å². The Labute approximate surface area is 249 Å². The van der Waals surface area contributed by atoms with Crippen LogP contribution in [0.15, 0.2) is 94.9 Å². The number of nitrogens with zero attached hydrogens (tertiary/aromatic N) is 2. The van der Waals surface area contributed by atoms with Gasteiger partial charge >= 0.3 is 11.9 Å². The number of hydrogen-bond donors (Lipinski definition) is 2. The van der Waals surface area contributed by atoms with Crippen LogP contribution in [0.4, 0.5) is 5.69 Å². The van der Waals surface area contributed by atoms with Gasteiger partial charge in [-0.15, -0.1) is 0 Å². The van der Waals surface area contributed by atoms with Crippen LogP contribution in [0.25, 0.3) is 16.3 Å². The summed E-state index contributed by atoms with van der Waals surface area (Å²) in [5.74, 6) is -1.45. The van der Waals surface area contributed by atoms with Crippen molar-refractivity contribution in [2.75, 3.05) is 6.54 Å². The lowest BCUT2D eigenvalue weighted by Crippen LogP contribution is -2.59. The number of allylic oxidation sites excluding steroid dienone is 6.